The van der Waals surface area contributed by atoms with Crippen molar-refractivity contribution < 1.29 is 9.13 Å². The summed E-state index contributed by atoms with van der Waals surface area (Å²) in [4.78, 5) is 0. The van der Waals surface area contributed by atoms with Crippen LogP contribution in [0.4, 0.5) is 0 Å². The zero-order valence-corrected chi connectivity index (χ0v) is 42.8. The SMILES string of the molecule is C=Cc1ccc([P@](C)c2ccc(P(=O)(c3ccc(PC4=CCC=C5C=CCC=CC5=C4)cc3)c3ccc(P(=O)(c4ccc5ccccc5c4)c4ccc5ccccc5c4)cc3)cc2)cc1C.CC. The molecule has 2 aliphatic carbocycles. The molecular weight excluding hydrogens is 901 g/mol. The van der Waals surface area contributed by atoms with Gasteiger partial charge in [0.05, 0.1) is 0 Å². The molecule has 0 saturated heterocycles. The second-order valence-electron chi connectivity index (χ2n) is 17.0. The van der Waals surface area contributed by atoms with Gasteiger partial charge in [0.25, 0.3) is 0 Å². The Labute approximate surface area is 405 Å². The minimum Gasteiger partial charge on any atom is -0.309 e. The van der Waals surface area contributed by atoms with E-state index in [-0.39, 0.29) is 0 Å². The van der Waals surface area contributed by atoms with Gasteiger partial charge < -0.3 is 9.13 Å². The number of hydrogen-bond donors (Lipinski definition) is 0. The maximum absolute atomic E-state index is 16.3. The van der Waals surface area contributed by atoms with Crippen LogP contribution >= 0.6 is 30.8 Å². The summed E-state index contributed by atoms with van der Waals surface area (Å²) in [5, 5.41) is 13.7. The molecule has 0 fully saturated rings. The summed E-state index contributed by atoms with van der Waals surface area (Å²) >= 11 is 0. The molecule has 2 aliphatic rings. The number of allylic oxidation sites excluding steroid dienone is 10. The molecule has 0 spiro atoms. The Bertz CT molecular complexity index is 3340. The molecular formula is C62H56O2P4. The molecule has 0 aromatic heterocycles. The lowest BCUT2D eigenvalue weighted by molar-refractivity contribution is 0.591. The smallest absolute Gasteiger partial charge is 0.171 e. The van der Waals surface area contributed by atoms with E-state index < -0.39 is 22.2 Å². The molecule has 0 radical (unpaired) electrons. The van der Waals surface area contributed by atoms with Gasteiger partial charge in [0.1, 0.15) is 0 Å². The molecule has 336 valence electrons. The van der Waals surface area contributed by atoms with E-state index in [4.69, 9.17) is 0 Å². The minimum atomic E-state index is -3.43. The van der Waals surface area contributed by atoms with E-state index in [9.17, 15) is 0 Å². The lowest BCUT2D eigenvalue weighted by Gasteiger charge is -2.24. The predicted octanol–water partition coefficient (Wildman–Crippen LogP) is 13.3. The monoisotopic (exact) mass is 956 g/mol. The van der Waals surface area contributed by atoms with Crippen molar-refractivity contribution in [1.29, 1.82) is 0 Å². The van der Waals surface area contributed by atoms with Gasteiger partial charge in [-0.2, -0.15) is 0 Å². The molecule has 0 N–H and O–H groups in total. The van der Waals surface area contributed by atoms with E-state index in [2.05, 4.69) is 178 Å². The van der Waals surface area contributed by atoms with Crippen molar-refractivity contribution in [2.24, 2.45) is 0 Å². The summed E-state index contributed by atoms with van der Waals surface area (Å²) in [6.07, 6.45) is 19.6. The van der Waals surface area contributed by atoms with Gasteiger partial charge in [0, 0.05) is 31.8 Å². The lowest BCUT2D eigenvalue weighted by atomic mass is 10.1. The van der Waals surface area contributed by atoms with Crippen molar-refractivity contribution in [2.75, 3.05) is 6.66 Å². The molecule has 2 unspecified atom stereocenters. The lowest BCUT2D eigenvalue weighted by Crippen LogP contribution is -2.29. The molecule has 2 nitrogen and oxygen atoms in total. The molecule has 3 atom stereocenters. The second-order valence-corrected chi connectivity index (χ2v) is 26.1. The predicted molar refractivity (Wildman–Crippen MR) is 305 cm³/mol. The zero-order valence-electron chi connectivity index (χ0n) is 39.1. The van der Waals surface area contributed by atoms with Crippen LogP contribution in [-0.2, 0) is 9.13 Å². The largest absolute Gasteiger partial charge is 0.309 e. The second kappa shape index (κ2) is 20.7. The maximum atomic E-state index is 16.3. The van der Waals surface area contributed by atoms with Crippen LogP contribution in [0, 0.1) is 6.92 Å². The third-order valence-corrected chi connectivity index (χ3v) is 22.4. The van der Waals surface area contributed by atoms with Gasteiger partial charge in [0.15, 0.2) is 14.3 Å². The summed E-state index contributed by atoms with van der Waals surface area (Å²) in [7, 11) is -7.02. The Balaban J connectivity index is 0.00000285. The van der Waals surface area contributed by atoms with Gasteiger partial charge >= 0.3 is 0 Å². The van der Waals surface area contributed by atoms with Crippen LogP contribution < -0.4 is 47.7 Å². The molecule has 6 heteroatoms. The van der Waals surface area contributed by atoms with Crippen molar-refractivity contribution >= 4 is 106 Å². The Kier molecular flexibility index (Phi) is 14.4. The molecule has 0 heterocycles. The van der Waals surface area contributed by atoms with Crippen LogP contribution in [0.3, 0.4) is 0 Å². The van der Waals surface area contributed by atoms with E-state index in [1.165, 1.54) is 37.9 Å². The zero-order chi connectivity index (χ0) is 47.3. The number of hydrogen-bond acceptors (Lipinski definition) is 2. The van der Waals surface area contributed by atoms with Gasteiger partial charge in [-0.15, -0.1) is 0 Å². The molecule has 0 bridgehead atoms. The van der Waals surface area contributed by atoms with Crippen LogP contribution in [-0.4, -0.2) is 6.66 Å². The van der Waals surface area contributed by atoms with Crippen LogP contribution in [0.15, 0.2) is 241 Å². The van der Waals surface area contributed by atoms with E-state index in [0.717, 1.165) is 61.2 Å². The first-order chi connectivity index (χ1) is 33.2. The number of fused-ring (bicyclic) bond motifs is 3. The molecule has 0 saturated carbocycles. The van der Waals surface area contributed by atoms with Gasteiger partial charge in [-0.25, -0.2) is 0 Å². The Morgan fingerprint density at radius 3 is 1.53 bits per heavy atom. The number of rotatable bonds is 11. The van der Waals surface area contributed by atoms with Crippen molar-refractivity contribution in [3.63, 3.8) is 0 Å². The fraction of sp³-hybridized carbons (Fsp3) is 0.0968. The van der Waals surface area contributed by atoms with Gasteiger partial charge in [-0.05, 0) is 118 Å². The highest BCUT2D eigenvalue weighted by atomic mass is 31.2. The fourth-order valence-corrected chi connectivity index (χ4v) is 17.1. The fourth-order valence-electron chi connectivity index (χ4n) is 9.17. The molecule has 10 rings (SSSR count). The highest BCUT2D eigenvalue weighted by molar-refractivity contribution is 7.86. The van der Waals surface area contributed by atoms with Crippen molar-refractivity contribution in [3.8, 4) is 0 Å². The molecule has 0 amide bonds. The normalized spacial score (nSPS) is 15.0. The van der Waals surface area contributed by atoms with Gasteiger partial charge in [-0.1, -0.05) is 235 Å². The molecule has 8 aromatic rings. The molecule has 8 aromatic carbocycles. The highest BCUT2D eigenvalue weighted by Crippen LogP contribution is 2.46. The van der Waals surface area contributed by atoms with Crippen LogP contribution in [0.2, 0.25) is 0 Å². The Morgan fingerprint density at radius 2 is 0.985 bits per heavy atom. The minimum absolute atomic E-state index is 0.464. The van der Waals surface area contributed by atoms with Crippen molar-refractivity contribution in [1.82, 2.24) is 0 Å². The van der Waals surface area contributed by atoms with Crippen LogP contribution in [0.5, 0.6) is 0 Å². The Morgan fingerprint density at radius 1 is 0.515 bits per heavy atom. The summed E-state index contributed by atoms with van der Waals surface area (Å²) in [6.45, 7) is 12.4. The molecule has 68 heavy (non-hydrogen) atoms. The van der Waals surface area contributed by atoms with E-state index >= 15 is 9.13 Å². The van der Waals surface area contributed by atoms with Crippen LogP contribution in [0.25, 0.3) is 27.6 Å². The highest BCUT2D eigenvalue weighted by Gasteiger charge is 2.34. The first kappa shape index (κ1) is 47.1. The first-order valence-electron chi connectivity index (χ1n) is 23.4. The van der Waals surface area contributed by atoms with Gasteiger partial charge in [0.2, 0.25) is 0 Å². The first-order valence-corrected chi connectivity index (χ1v) is 29.6. The summed E-state index contributed by atoms with van der Waals surface area (Å²) < 4.78 is 32.4. The number of aryl methyl sites for hydroxylation is 1. The average Bonchev–Trinajstić information content (AvgIpc) is 3.74. The summed E-state index contributed by atoms with van der Waals surface area (Å²) in [6, 6.07) is 60.1. The van der Waals surface area contributed by atoms with Crippen LogP contribution in [0.1, 0.15) is 37.8 Å². The van der Waals surface area contributed by atoms with Gasteiger partial charge in [-0.3, -0.25) is 0 Å². The van der Waals surface area contributed by atoms with Crippen molar-refractivity contribution in [2.45, 2.75) is 33.6 Å². The van der Waals surface area contributed by atoms with E-state index in [1.54, 1.807) is 0 Å². The topological polar surface area (TPSA) is 34.1 Å². The third-order valence-electron chi connectivity index (χ3n) is 12.9. The van der Waals surface area contributed by atoms with Crippen molar-refractivity contribution in [3.05, 3.63) is 253 Å². The summed E-state index contributed by atoms with van der Waals surface area (Å²) in [5.74, 6) is 0. The summed E-state index contributed by atoms with van der Waals surface area (Å²) in [5.41, 5.74) is 4.88. The maximum Gasteiger partial charge on any atom is 0.171 e. The standard InChI is InChI=1S/C60H50O2P4.C2H6/c1-4-44-21-26-54(39-43(44)2)64(3)53-27-33-56(34-28-53)65(61,55-31-24-51(25-32-55)63-52-20-12-19-45-13-6-5-7-16-48(45)40-52)57-35-37-58(38-36-57)66(62,59-29-22-46-14-8-10-17-49(46)41-59)60-30-23-47-15-9-11-18-50(47)42-60;1-2/h4,6-11,13-42,63H,1,5,12H2,2-3H3;1-2H3/t64-,65?;/m1./s1. The van der Waals surface area contributed by atoms with E-state index in [0.29, 0.717) is 19.2 Å². The third kappa shape index (κ3) is 9.42. The average molecular weight is 957 g/mol. The van der Waals surface area contributed by atoms with E-state index in [1.807, 2.05) is 80.6 Å². The molecule has 0 aliphatic heterocycles. The Hall–Kier alpha value is -5.96. The number of benzene rings is 8. The quantitative estimate of drug-likeness (QED) is 0.121.